The van der Waals surface area contributed by atoms with Crippen molar-refractivity contribution in [1.82, 2.24) is 14.8 Å². The van der Waals surface area contributed by atoms with Crippen molar-refractivity contribution in [1.29, 1.82) is 0 Å². The summed E-state index contributed by atoms with van der Waals surface area (Å²) in [6, 6.07) is 0. The van der Waals surface area contributed by atoms with Crippen molar-refractivity contribution in [2.24, 2.45) is 0 Å². The quantitative estimate of drug-likeness (QED) is 0.483. The molecule has 62 valence electrons. The van der Waals surface area contributed by atoms with Crippen LogP contribution in [0.3, 0.4) is 0 Å². The van der Waals surface area contributed by atoms with E-state index in [4.69, 9.17) is 15.9 Å². The van der Waals surface area contributed by atoms with Gasteiger partial charge in [-0.25, -0.2) is 9.67 Å². The average molecular weight is 158 g/mol. The fourth-order valence-electron chi connectivity index (χ4n) is 0.671. The molecule has 0 aliphatic carbocycles. The largest absolute Gasteiger partial charge is 0.394 e. The van der Waals surface area contributed by atoms with Crippen molar-refractivity contribution in [2.75, 3.05) is 12.3 Å². The Bertz CT molecular complexity index is 224. The molecule has 0 aliphatic rings. The van der Waals surface area contributed by atoms with Crippen molar-refractivity contribution >= 4 is 5.95 Å². The van der Waals surface area contributed by atoms with E-state index in [1.807, 2.05) is 0 Å². The summed E-state index contributed by atoms with van der Waals surface area (Å²) in [5.74, 6) is 0.162. The molecule has 0 amide bonds. The first-order chi connectivity index (χ1) is 5.22. The lowest BCUT2D eigenvalue weighted by atomic mass is 10.4. The second kappa shape index (κ2) is 3.31. The Morgan fingerprint density at radius 2 is 2.45 bits per heavy atom. The Hall–Kier alpha value is -1.14. The molecular formula is C5H10N4O2. The van der Waals surface area contributed by atoms with E-state index < -0.39 is 6.10 Å². The van der Waals surface area contributed by atoms with E-state index in [1.54, 1.807) is 0 Å². The molecule has 0 fully saturated rings. The van der Waals surface area contributed by atoms with Crippen molar-refractivity contribution in [3.63, 3.8) is 0 Å². The lowest BCUT2D eigenvalue weighted by Crippen LogP contribution is -2.20. The van der Waals surface area contributed by atoms with Crippen molar-refractivity contribution in [3.8, 4) is 0 Å². The summed E-state index contributed by atoms with van der Waals surface area (Å²) in [5.41, 5.74) is 5.21. The molecule has 1 unspecified atom stereocenters. The molecule has 0 aromatic carbocycles. The number of hydrogen-bond acceptors (Lipinski definition) is 5. The maximum atomic E-state index is 8.94. The number of nitrogen functional groups attached to an aromatic ring is 1. The van der Waals surface area contributed by atoms with E-state index in [9.17, 15) is 0 Å². The molecular weight excluding hydrogens is 148 g/mol. The Kier molecular flexibility index (Phi) is 2.40. The maximum Gasteiger partial charge on any atom is 0.239 e. The minimum atomic E-state index is -0.809. The van der Waals surface area contributed by atoms with Crippen LogP contribution in [0.5, 0.6) is 0 Å². The fraction of sp³-hybridized carbons (Fsp3) is 0.600. The molecule has 4 N–H and O–H groups in total. The Balaban J connectivity index is 2.50. The van der Waals surface area contributed by atoms with E-state index in [2.05, 4.69) is 10.1 Å². The van der Waals surface area contributed by atoms with Crippen LogP contribution in [0, 0.1) is 0 Å². The summed E-state index contributed by atoms with van der Waals surface area (Å²) in [4.78, 5) is 3.64. The summed E-state index contributed by atoms with van der Waals surface area (Å²) in [5, 5.41) is 21.1. The Morgan fingerprint density at radius 1 is 1.73 bits per heavy atom. The Morgan fingerprint density at radius 3 is 2.91 bits per heavy atom. The molecule has 0 aliphatic heterocycles. The highest BCUT2D eigenvalue weighted by atomic mass is 16.3. The zero-order valence-corrected chi connectivity index (χ0v) is 5.88. The van der Waals surface area contributed by atoms with Crippen LogP contribution in [0.1, 0.15) is 0 Å². The summed E-state index contributed by atoms with van der Waals surface area (Å²) in [6.45, 7) is -0.0829. The van der Waals surface area contributed by atoms with Gasteiger partial charge in [-0.1, -0.05) is 0 Å². The number of nitrogens with zero attached hydrogens (tertiary/aromatic N) is 3. The molecule has 1 heterocycles. The third kappa shape index (κ3) is 2.17. The minimum Gasteiger partial charge on any atom is -0.394 e. The number of nitrogens with two attached hydrogens (primary N) is 1. The number of anilines is 1. The molecule has 0 bridgehead atoms. The van der Waals surface area contributed by atoms with Gasteiger partial charge in [0.2, 0.25) is 5.95 Å². The Labute approximate surface area is 63.3 Å². The van der Waals surface area contributed by atoms with Crippen LogP contribution in [-0.2, 0) is 6.54 Å². The number of aliphatic hydroxyl groups is 2. The van der Waals surface area contributed by atoms with Gasteiger partial charge >= 0.3 is 0 Å². The first-order valence-corrected chi connectivity index (χ1v) is 3.16. The van der Waals surface area contributed by atoms with Gasteiger partial charge in [0.05, 0.1) is 19.3 Å². The second-order valence-corrected chi connectivity index (χ2v) is 2.16. The van der Waals surface area contributed by atoms with Crippen LogP contribution in [0.25, 0.3) is 0 Å². The van der Waals surface area contributed by atoms with Crippen LogP contribution >= 0.6 is 0 Å². The molecule has 1 aromatic heterocycles. The minimum absolute atomic E-state index is 0.162. The van der Waals surface area contributed by atoms with E-state index in [1.165, 1.54) is 11.0 Å². The average Bonchev–Trinajstić information content (AvgIpc) is 2.35. The molecule has 0 saturated carbocycles. The first-order valence-electron chi connectivity index (χ1n) is 3.16. The van der Waals surface area contributed by atoms with Gasteiger partial charge in [-0.15, -0.1) is 5.10 Å². The van der Waals surface area contributed by atoms with Gasteiger partial charge in [-0.2, -0.15) is 0 Å². The predicted molar refractivity (Wildman–Crippen MR) is 37.5 cm³/mol. The molecule has 1 aromatic rings. The molecule has 11 heavy (non-hydrogen) atoms. The maximum absolute atomic E-state index is 8.94. The van der Waals surface area contributed by atoms with Crippen LogP contribution in [0.2, 0.25) is 0 Å². The van der Waals surface area contributed by atoms with Crippen LogP contribution in [0.4, 0.5) is 5.95 Å². The second-order valence-electron chi connectivity index (χ2n) is 2.16. The van der Waals surface area contributed by atoms with E-state index in [-0.39, 0.29) is 19.1 Å². The third-order valence-corrected chi connectivity index (χ3v) is 1.16. The zero-order valence-electron chi connectivity index (χ0n) is 5.88. The summed E-state index contributed by atoms with van der Waals surface area (Å²) < 4.78 is 1.37. The zero-order chi connectivity index (χ0) is 8.27. The van der Waals surface area contributed by atoms with Gasteiger partial charge in [0.1, 0.15) is 6.33 Å². The number of aliphatic hydroxyl groups excluding tert-OH is 2. The lowest BCUT2D eigenvalue weighted by Gasteiger charge is -2.04. The highest BCUT2D eigenvalue weighted by Crippen LogP contribution is 1.91. The van der Waals surface area contributed by atoms with Gasteiger partial charge in [0.25, 0.3) is 0 Å². The highest BCUT2D eigenvalue weighted by molar-refractivity contribution is 5.09. The van der Waals surface area contributed by atoms with Crippen molar-refractivity contribution in [3.05, 3.63) is 6.33 Å². The van der Waals surface area contributed by atoms with Gasteiger partial charge in [-0.3, -0.25) is 0 Å². The van der Waals surface area contributed by atoms with E-state index >= 15 is 0 Å². The molecule has 0 saturated heterocycles. The van der Waals surface area contributed by atoms with Crippen LogP contribution in [0.15, 0.2) is 6.33 Å². The topological polar surface area (TPSA) is 97.2 Å². The summed E-state index contributed by atoms with van der Waals surface area (Å²) in [6.07, 6.45) is 0.588. The normalized spacial score (nSPS) is 13.3. The molecule has 0 spiro atoms. The van der Waals surface area contributed by atoms with Crippen LogP contribution < -0.4 is 5.73 Å². The number of hydrogen-bond donors (Lipinski definition) is 3. The number of rotatable bonds is 3. The standard InChI is InChI=1S/C5H10N4O2/c6-5-7-3-9(8-5)1-4(11)2-10/h3-4,10-11H,1-2H2,(H2,6,8). The monoisotopic (exact) mass is 158 g/mol. The van der Waals surface area contributed by atoms with Gasteiger partial charge < -0.3 is 15.9 Å². The third-order valence-electron chi connectivity index (χ3n) is 1.16. The van der Waals surface area contributed by atoms with Crippen molar-refractivity contribution < 1.29 is 10.2 Å². The SMILES string of the molecule is Nc1ncn(CC(O)CO)n1. The van der Waals surface area contributed by atoms with E-state index in [0.29, 0.717) is 0 Å². The molecule has 6 heteroatoms. The molecule has 1 rings (SSSR count). The predicted octanol–water partition coefficient (Wildman–Crippen LogP) is -1.79. The first kappa shape index (κ1) is 7.96. The smallest absolute Gasteiger partial charge is 0.239 e. The van der Waals surface area contributed by atoms with E-state index in [0.717, 1.165) is 0 Å². The number of aromatic nitrogens is 3. The molecule has 0 radical (unpaired) electrons. The van der Waals surface area contributed by atoms with Gasteiger partial charge in [-0.05, 0) is 0 Å². The summed E-state index contributed by atoms with van der Waals surface area (Å²) in [7, 11) is 0. The van der Waals surface area contributed by atoms with Gasteiger partial charge in [0, 0.05) is 0 Å². The van der Waals surface area contributed by atoms with Crippen molar-refractivity contribution in [2.45, 2.75) is 12.6 Å². The molecule has 6 nitrogen and oxygen atoms in total. The van der Waals surface area contributed by atoms with Crippen LogP contribution in [-0.4, -0.2) is 37.7 Å². The summed E-state index contributed by atoms with van der Waals surface area (Å²) >= 11 is 0. The fourth-order valence-corrected chi connectivity index (χ4v) is 0.671. The lowest BCUT2D eigenvalue weighted by molar-refractivity contribution is 0.0782. The molecule has 1 atom stereocenters. The highest BCUT2D eigenvalue weighted by Gasteiger charge is 2.03. The van der Waals surface area contributed by atoms with Gasteiger partial charge in [0.15, 0.2) is 0 Å².